The van der Waals surface area contributed by atoms with Gasteiger partial charge >= 0.3 is 0 Å². The minimum atomic E-state index is 0. The molecule has 0 aromatic rings. The zero-order chi connectivity index (χ0) is 30.7. The molecule has 40 heavy (non-hydrogen) atoms. The summed E-state index contributed by atoms with van der Waals surface area (Å²) in [5, 5.41) is 0. The lowest BCUT2D eigenvalue weighted by atomic mass is 10.0. The highest BCUT2D eigenvalue weighted by Gasteiger charge is 1.93. The van der Waals surface area contributed by atoms with Crippen LogP contribution in [0, 0.1) is 23.7 Å². The monoisotopic (exact) mass is 591 g/mol. The van der Waals surface area contributed by atoms with Gasteiger partial charge in [0.1, 0.15) is 0 Å². The van der Waals surface area contributed by atoms with Gasteiger partial charge in [-0.05, 0) is 30.1 Å². The zero-order valence-corrected chi connectivity index (χ0v) is 30.3. The Labute approximate surface area is 271 Å². The van der Waals surface area contributed by atoms with Crippen molar-refractivity contribution in [3.63, 3.8) is 0 Å². The molecule has 0 aromatic heterocycles. The molecule has 0 aliphatic rings. The second kappa shape index (κ2) is 157. The van der Waals surface area contributed by atoms with Crippen molar-refractivity contribution in [1.82, 2.24) is 0 Å². The Hall–Kier alpha value is -0.260. The number of allylic oxidation sites excluding steroid dienone is 1. The summed E-state index contributed by atoms with van der Waals surface area (Å²) in [4.78, 5) is 0. The predicted molar refractivity (Wildman–Crippen MR) is 218 cm³/mol. The van der Waals surface area contributed by atoms with Crippen molar-refractivity contribution in [2.75, 3.05) is 0 Å². The quantitative estimate of drug-likeness (QED) is 0.287. The van der Waals surface area contributed by atoms with E-state index in [-0.39, 0.29) is 44.6 Å². The first-order valence-electron chi connectivity index (χ1n) is 15.4. The van der Waals surface area contributed by atoms with Crippen LogP contribution in [0.2, 0.25) is 0 Å². The van der Waals surface area contributed by atoms with Crippen LogP contribution in [0.3, 0.4) is 0 Å². The maximum Gasteiger partial charge on any atom is -0.0263 e. The molecule has 0 unspecified atom stereocenters. The van der Waals surface area contributed by atoms with E-state index in [1.807, 2.05) is 55.4 Å². The lowest BCUT2D eigenvalue weighted by Crippen LogP contribution is -1.87. The molecular formula is C40H110. The molecular weight excluding hydrogens is 480 g/mol. The van der Waals surface area contributed by atoms with Crippen molar-refractivity contribution in [2.45, 2.75) is 236 Å². The summed E-state index contributed by atoms with van der Waals surface area (Å²) in [5.74, 6) is 3.22. The Morgan fingerprint density at radius 2 is 0.525 bits per heavy atom. The smallest absolute Gasteiger partial charge is 0.0263 e. The average molecular weight is 591 g/mol. The van der Waals surface area contributed by atoms with E-state index in [2.05, 4.69) is 117 Å². The molecule has 0 saturated carbocycles. The molecule has 0 aromatic carbocycles. The zero-order valence-electron chi connectivity index (χ0n) is 30.3. The maximum atomic E-state index is 3.87. The molecule has 0 spiro atoms. The molecule has 0 aliphatic heterocycles. The molecule has 0 amide bonds. The van der Waals surface area contributed by atoms with E-state index in [1.54, 1.807) is 0 Å². The van der Waals surface area contributed by atoms with Crippen LogP contribution in [0.4, 0.5) is 0 Å². The molecule has 0 N–H and O–H groups in total. The summed E-state index contributed by atoms with van der Waals surface area (Å²) in [6, 6.07) is 0. The number of hydrogen-bond donors (Lipinski definition) is 0. The predicted octanol–water partition coefficient (Wildman–Crippen LogP) is 18.7. The summed E-state index contributed by atoms with van der Waals surface area (Å²) >= 11 is 0. The van der Waals surface area contributed by atoms with Gasteiger partial charge in [0.15, 0.2) is 0 Å². The van der Waals surface area contributed by atoms with Crippen molar-refractivity contribution in [3.05, 3.63) is 12.2 Å². The standard InChI is InChI=1S/C7H14.C5H12.2C4H10.2C3H8.4C2H6.6CH4/c1-5-7(4)6(2)3;1-4-5(2)3;2*1-4(2)3;2*1-3-2;4*1-2;;;;;;/h6H,4-5H2,1-3H3;5H,4H2,1-3H3;2*4H,1-3H3;2*3H2,1-2H3;4*1-2H3;6*1H4. The van der Waals surface area contributed by atoms with Gasteiger partial charge in [0.2, 0.25) is 0 Å². The Balaban J connectivity index is -0.0000000116. The average Bonchev–Trinajstić information content (AvgIpc) is 2.79. The molecule has 0 aliphatic carbocycles. The van der Waals surface area contributed by atoms with E-state index < -0.39 is 0 Å². The fraction of sp³-hybridized carbons (Fsp3) is 0.950. The fourth-order valence-electron chi connectivity index (χ4n) is 0.408. The molecule has 0 radical (unpaired) electrons. The Bertz CT molecular complexity index is 171. The molecule has 0 bridgehead atoms. The first kappa shape index (κ1) is 106. The highest BCUT2D eigenvalue weighted by molar-refractivity contribution is 4.95. The van der Waals surface area contributed by atoms with Gasteiger partial charge in [-0.15, -0.1) is 0 Å². The minimum Gasteiger partial charge on any atom is -0.0996 e. The van der Waals surface area contributed by atoms with Gasteiger partial charge in [0, 0.05) is 0 Å². The Morgan fingerprint density at radius 1 is 0.425 bits per heavy atom. The third-order valence-corrected chi connectivity index (χ3v) is 2.09. The van der Waals surface area contributed by atoms with Crippen LogP contribution >= 0.6 is 0 Å². The van der Waals surface area contributed by atoms with E-state index in [0.717, 1.165) is 24.2 Å². The van der Waals surface area contributed by atoms with Crippen LogP contribution in [0.5, 0.6) is 0 Å². The Morgan fingerprint density at radius 3 is 0.525 bits per heavy atom. The van der Waals surface area contributed by atoms with Crippen molar-refractivity contribution < 1.29 is 0 Å². The van der Waals surface area contributed by atoms with Crippen molar-refractivity contribution in [1.29, 1.82) is 0 Å². The third-order valence-electron chi connectivity index (χ3n) is 2.09. The topological polar surface area (TPSA) is 0 Å². The molecule has 270 valence electrons. The van der Waals surface area contributed by atoms with E-state index >= 15 is 0 Å². The molecule has 0 saturated heterocycles. The first-order chi connectivity index (χ1) is 15.7. The lowest BCUT2D eigenvalue weighted by molar-refractivity contribution is 0.626. The summed E-state index contributed by atoms with van der Waals surface area (Å²) in [7, 11) is 0. The molecule has 0 fully saturated rings. The van der Waals surface area contributed by atoms with Gasteiger partial charge in [-0.3, -0.25) is 0 Å². The fourth-order valence-corrected chi connectivity index (χ4v) is 0.408. The molecule has 0 heterocycles. The van der Waals surface area contributed by atoms with E-state index in [0.29, 0.717) is 5.92 Å². The van der Waals surface area contributed by atoms with Gasteiger partial charge in [0.25, 0.3) is 0 Å². The van der Waals surface area contributed by atoms with Crippen LogP contribution in [0.15, 0.2) is 12.2 Å². The lowest BCUT2D eigenvalue weighted by Gasteiger charge is -2.03. The van der Waals surface area contributed by atoms with Gasteiger partial charge < -0.3 is 0 Å². The van der Waals surface area contributed by atoms with Gasteiger partial charge in [-0.1, -0.05) is 242 Å². The van der Waals surface area contributed by atoms with Crippen LogP contribution < -0.4 is 0 Å². The van der Waals surface area contributed by atoms with Crippen LogP contribution in [-0.4, -0.2) is 0 Å². The van der Waals surface area contributed by atoms with Crippen molar-refractivity contribution in [3.8, 4) is 0 Å². The van der Waals surface area contributed by atoms with Crippen LogP contribution in [-0.2, 0) is 0 Å². The molecule has 0 rings (SSSR count). The van der Waals surface area contributed by atoms with Crippen LogP contribution in [0.25, 0.3) is 0 Å². The molecule has 0 nitrogen and oxygen atoms in total. The summed E-state index contributed by atoms with van der Waals surface area (Å²) in [6.07, 6.45) is 4.93. The van der Waals surface area contributed by atoms with Crippen molar-refractivity contribution in [2.24, 2.45) is 23.7 Å². The normalized spacial score (nSPS) is 6.20. The highest BCUT2D eigenvalue weighted by atomic mass is 14.0. The maximum absolute atomic E-state index is 3.87. The van der Waals surface area contributed by atoms with Gasteiger partial charge in [0.05, 0.1) is 0 Å². The molecule has 0 heteroatoms. The largest absolute Gasteiger partial charge is 0.0996 e. The van der Waals surface area contributed by atoms with Gasteiger partial charge in [-0.2, -0.15) is 0 Å². The van der Waals surface area contributed by atoms with E-state index in [4.69, 9.17) is 0 Å². The molecule has 0 atom stereocenters. The summed E-state index contributed by atoms with van der Waals surface area (Å²) in [6.45, 7) is 54.5. The Kier molecular flexibility index (Phi) is 416. The van der Waals surface area contributed by atoms with E-state index in [1.165, 1.54) is 24.8 Å². The second-order valence-electron chi connectivity index (χ2n) is 8.85. The first-order valence-corrected chi connectivity index (χ1v) is 15.4. The van der Waals surface area contributed by atoms with Gasteiger partial charge in [-0.25, -0.2) is 0 Å². The number of rotatable bonds is 3. The van der Waals surface area contributed by atoms with Crippen LogP contribution in [0.1, 0.15) is 236 Å². The highest BCUT2D eigenvalue weighted by Crippen LogP contribution is 2.08. The second-order valence-corrected chi connectivity index (χ2v) is 8.85. The summed E-state index contributed by atoms with van der Waals surface area (Å²) in [5.41, 5.74) is 1.35. The summed E-state index contributed by atoms with van der Waals surface area (Å²) < 4.78 is 0. The van der Waals surface area contributed by atoms with Crippen molar-refractivity contribution >= 4 is 0 Å². The SMILES string of the molecule is C.C.C.C.C.C.C=C(CC)C(C)C.CC.CC.CC.CC.CC(C)C.CC(C)C.CCC.CCC.CCC(C)C. The minimum absolute atomic E-state index is 0. The van der Waals surface area contributed by atoms with E-state index in [9.17, 15) is 0 Å². The number of hydrogen-bond acceptors (Lipinski definition) is 0. The third kappa shape index (κ3) is 850.